The lowest BCUT2D eigenvalue weighted by Crippen LogP contribution is -2.18. The maximum absolute atomic E-state index is 3.48. The minimum Gasteiger partial charge on any atom is -0.309 e. The number of hydrogen-bond acceptors (Lipinski definition) is 2. The Labute approximate surface area is 119 Å². The predicted octanol–water partition coefficient (Wildman–Crippen LogP) is 4.24. The summed E-state index contributed by atoms with van der Waals surface area (Å²) < 4.78 is 0. The molecule has 0 saturated carbocycles. The highest BCUT2D eigenvalue weighted by Gasteiger charge is 2.17. The van der Waals surface area contributed by atoms with Gasteiger partial charge in [0.2, 0.25) is 0 Å². The second-order valence-corrected chi connectivity index (χ2v) is 6.37. The van der Waals surface area contributed by atoms with Crippen LogP contribution in [0.4, 0.5) is 0 Å². The Hall–Kier alpha value is -1.12. The highest BCUT2D eigenvalue weighted by Crippen LogP contribution is 2.31. The maximum atomic E-state index is 3.48. The second-order valence-electron chi connectivity index (χ2n) is 5.42. The smallest absolute Gasteiger partial charge is 0.0671 e. The summed E-state index contributed by atoms with van der Waals surface area (Å²) in [6, 6.07) is 9.63. The molecule has 1 N–H and O–H groups in total. The molecule has 1 aliphatic carbocycles. The largest absolute Gasteiger partial charge is 0.309 e. The van der Waals surface area contributed by atoms with Crippen molar-refractivity contribution in [3.05, 3.63) is 56.8 Å². The lowest BCUT2D eigenvalue weighted by atomic mass is 9.88. The summed E-state index contributed by atoms with van der Waals surface area (Å²) in [5.41, 5.74) is 5.93. The van der Waals surface area contributed by atoms with Crippen LogP contribution in [-0.4, -0.2) is 7.05 Å². The summed E-state index contributed by atoms with van der Waals surface area (Å²) in [7, 11) is 2.06. The molecule has 1 nitrogen and oxygen atoms in total. The summed E-state index contributed by atoms with van der Waals surface area (Å²) in [6.07, 6.45) is 5.21. The van der Waals surface area contributed by atoms with Gasteiger partial charge >= 0.3 is 0 Å². The zero-order valence-corrected chi connectivity index (χ0v) is 12.5. The van der Waals surface area contributed by atoms with Gasteiger partial charge in [-0.15, -0.1) is 11.3 Å². The Morgan fingerprint density at radius 3 is 2.58 bits per heavy atom. The van der Waals surface area contributed by atoms with Gasteiger partial charge in [-0.2, -0.15) is 0 Å². The molecule has 2 aromatic rings. The topological polar surface area (TPSA) is 12.0 Å². The highest BCUT2D eigenvalue weighted by atomic mass is 32.1. The average Bonchev–Trinajstić information content (AvgIpc) is 2.86. The van der Waals surface area contributed by atoms with Crippen molar-refractivity contribution in [1.82, 2.24) is 5.32 Å². The van der Waals surface area contributed by atoms with E-state index in [2.05, 4.69) is 48.9 Å². The maximum Gasteiger partial charge on any atom is 0.0671 e. The van der Waals surface area contributed by atoms with Gasteiger partial charge in [-0.05, 0) is 73.4 Å². The summed E-state index contributed by atoms with van der Waals surface area (Å²) in [5.74, 6) is 0. The third-order valence-corrected chi connectivity index (χ3v) is 5.24. The van der Waals surface area contributed by atoms with Crippen LogP contribution in [0.3, 0.4) is 0 Å². The first kappa shape index (κ1) is 12.9. The third-order valence-electron chi connectivity index (χ3n) is 4.16. The molecule has 0 bridgehead atoms. The number of nitrogens with one attached hydrogen (secondary N) is 1. The Kier molecular flexibility index (Phi) is 3.72. The van der Waals surface area contributed by atoms with Crippen LogP contribution in [0.2, 0.25) is 0 Å². The molecule has 100 valence electrons. The molecule has 1 atom stereocenters. The lowest BCUT2D eigenvalue weighted by molar-refractivity contribution is 0.671. The fourth-order valence-corrected chi connectivity index (χ4v) is 4.12. The van der Waals surface area contributed by atoms with E-state index in [0.29, 0.717) is 6.04 Å². The Balaban J connectivity index is 1.98. The molecule has 1 unspecified atom stereocenters. The van der Waals surface area contributed by atoms with Gasteiger partial charge in [-0.3, -0.25) is 0 Å². The Morgan fingerprint density at radius 1 is 1.11 bits per heavy atom. The van der Waals surface area contributed by atoms with Crippen LogP contribution in [0.5, 0.6) is 0 Å². The molecule has 0 fully saturated rings. The molecule has 0 aliphatic heterocycles. The zero-order valence-electron chi connectivity index (χ0n) is 11.7. The van der Waals surface area contributed by atoms with Gasteiger partial charge in [0.05, 0.1) is 6.04 Å². The number of rotatable bonds is 3. The minimum absolute atomic E-state index is 0.340. The normalized spacial score (nSPS) is 16.1. The molecule has 1 aliphatic rings. The van der Waals surface area contributed by atoms with Crippen LogP contribution in [-0.2, 0) is 12.8 Å². The van der Waals surface area contributed by atoms with E-state index in [1.165, 1.54) is 41.7 Å². The first-order valence-electron chi connectivity index (χ1n) is 7.12. The van der Waals surface area contributed by atoms with E-state index < -0.39 is 0 Å². The van der Waals surface area contributed by atoms with E-state index in [0.717, 1.165) is 0 Å². The standard InChI is InChI=1S/C17H21NS/c1-12-9-10-19-17(12)16(18-2)15-8-7-13-5-3-4-6-14(13)11-15/h7-11,16,18H,3-6H2,1-2H3. The number of aryl methyl sites for hydroxylation is 3. The quantitative estimate of drug-likeness (QED) is 0.880. The van der Waals surface area contributed by atoms with E-state index >= 15 is 0 Å². The predicted molar refractivity (Wildman–Crippen MR) is 83.0 cm³/mol. The van der Waals surface area contributed by atoms with Crippen molar-refractivity contribution < 1.29 is 0 Å². The van der Waals surface area contributed by atoms with Crippen LogP contribution < -0.4 is 5.32 Å². The molecule has 2 heteroatoms. The lowest BCUT2D eigenvalue weighted by Gasteiger charge is -2.21. The van der Waals surface area contributed by atoms with E-state index in [1.54, 1.807) is 11.1 Å². The molecule has 1 heterocycles. The molecule has 0 saturated heterocycles. The van der Waals surface area contributed by atoms with Crippen LogP contribution in [0, 0.1) is 6.92 Å². The van der Waals surface area contributed by atoms with Gasteiger partial charge < -0.3 is 5.32 Å². The van der Waals surface area contributed by atoms with Crippen LogP contribution in [0.1, 0.15) is 46.0 Å². The van der Waals surface area contributed by atoms with Crippen molar-refractivity contribution in [2.75, 3.05) is 7.05 Å². The molecule has 1 aromatic carbocycles. The molecule has 0 amide bonds. The fourth-order valence-electron chi connectivity index (χ4n) is 3.06. The summed E-state index contributed by atoms with van der Waals surface area (Å²) in [5, 5.41) is 5.67. The van der Waals surface area contributed by atoms with Crippen molar-refractivity contribution in [1.29, 1.82) is 0 Å². The van der Waals surface area contributed by atoms with Gasteiger partial charge in [0.25, 0.3) is 0 Å². The van der Waals surface area contributed by atoms with Crippen molar-refractivity contribution in [2.24, 2.45) is 0 Å². The second kappa shape index (κ2) is 5.48. The molecule has 1 aromatic heterocycles. The number of benzene rings is 1. The number of thiophene rings is 1. The summed E-state index contributed by atoms with van der Waals surface area (Å²) in [6.45, 7) is 2.20. The Bertz CT molecular complexity index is 570. The van der Waals surface area contributed by atoms with E-state index in [1.807, 2.05) is 11.3 Å². The van der Waals surface area contributed by atoms with Crippen molar-refractivity contribution in [3.8, 4) is 0 Å². The van der Waals surface area contributed by atoms with Crippen molar-refractivity contribution in [2.45, 2.75) is 38.6 Å². The minimum atomic E-state index is 0.340. The van der Waals surface area contributed by atoms with Gasteiger partial charge in [0.15, 0.2) is 0 Å². The van der Waals surface area contributed by atoms with Crippen LogP contribution in [0.25, 0.3) is 0 Å². The van der Waals surface area contributed by atoms with Crippen LogP contribution in [0.15, 0.2) is 29.6 Å². The van der Waals surface area contributed by atoms with Gasteiger partial charge in [0, 0.05) is 4.88 Å². The molecule has 3 rings (SSSR count). The number of hydrogen-bond donors (Lipinski definition) is 1. The molecule has 0 spiro atoms. The fraction of sp³-hybridized carbons (Fsp3) is 0.412. The van der Waals surface area contributed by atoms with E-state index in [-0.39, 0.29) is 0 Å². The van der Waals surface area contributed by atoms with Gasteiger partial charge in [0.1, 0.15) is 0 Å². The molecule has 0 radical (unpaired) electrons. The SMILES string of the molecule is CNC(c1ccc2c(c1)CCCC2)c1sccc1C. The van der Waals surface area contributed by atoms with Crippen LogP contribution >= 0.6 is 11.3 Å². The van der Waals surface area contributed by atoms with Crippen molar-refractivity contribution >= 4 is 11.3 Å². The van der Waals surface area contributed by atoms with Crippen molar-refractivity contribution in [3.63, 3.8) is 0 Å². The van der Waals surface area contributed by atoms with Gasteiger partial charge in [-0.25, -0.2) is 0 Å². The number of fused-ring (bicyclic) bond motifs is 1. The first-order valence-corrected chi connectivity index (χ1v) is 8.00. The van der Waals surface area contributed by atoms with Gasteiger partial charge in [-0.1, -0.05) is 18.2 Å². The molecular weight excluding hydrogens is 250 g/mol. The zero-order chi connectivity index (χ0) is 13.2. The summed E-state index contributed by atoms with van der Waals surface area (Å²) in [4.78, 5) is 1.44. The molecule has 19 heavy (non-hydrogen) atoms. The average molecular weight is 271 g/mol. The van der Waals surface area contributed by atoms with E-state index in [9.17, 15) is 0 Å². The third kappa shape index (κ3) is 2.47. The summed E-state index contributed by atoms with van der Waals surface area (Å²) >= 11 is 1.85. The first-order chi connectivity index (χ1) is 9.29. The molecular formula is C17H21NS. The monoisotopic (exact) mass is 271 g/mol. The Morgan fingerprint density at radius 2 is 1.89 bits per heavy atom. The highest BCUT2D eigenvalue weighted by molar-refractivity contribution is 7.10. The van der Waals surface area contributed by atoms with E-state index in [4.69, 9.17) is 0 Å².